The fourth-order valence-corrected chi connectivity index (χ4v) is 2.91. The molecule has 1 atom stereocenters. The fraction of sp³-hybridized carbons (Fsp3) is 0.929. The number of carbonyl (C=O) groups is 1. The molecule has 0 radical (unpaired) electrons. The van der Waals surface area contributed by atoms with Gasteiger partial charge in [-0.3, -0.25) is 4.79 Å². The van der Waals surface area contributed by atoms with Gasteiger partial charge in [0.15, 0.2) is 0 Å². The largest absolute Gasteiger partial charge is 0.356 e. The van der Waals surface area contributed by atoms with E-state index < -0.39 is 0 Å². The number of nitrogens with one attached hydrogen (secondary N) is 2. The molecule has 2 N–H and O–H groups in total. The second kappa shape index (κ2) is 6.53. The standard InChI is InChI=1S/C14H27N3O/c1-14(6-8-15-12-14)13(18)16-7-5-11-17-9-3-2-4-10-17/h15H,2-12H2,1H3,(H,16,18). The molecular weight excluding hydrogens is 226 g/mol. The van der Waals surface area contributed by atoms with Crippen LogP contribution in [0.2, 0.25) is 0 Å². The molecule has 4 heteroatoms. The Morgan fingerprint density at radius 2 is 2.11 bits per heavy atom. The van der Waals surface area contributed by atoms with Crippen molar-refractivity contribution in [2.24, 2.45) is 5.41 Å². The van der Waals surface area contributed by atoms with Crippen LogP contribution in [-0.4, -0.2) is 50.1 Å². The van der Waals surface area contributed by atoms with Crippen LogP contribution in [0.25, 0.3) is 0 Å². The molecule has 1 amide bonds. The van der Waals surface area contributed by atoms with Crippen LogP contribution in [0, 0.1) is 5.41 Å². The minimum absolute atomic E-state index is 0.175. The van der Waals surface area contributed by atoms with E-state index in [1.807, 2.05) is 0 Å². The highest BCUT2D eigenvalue weighted by atomic mass is 16.2. The van der Waals surface area contributed by atoms with Crippen molar-refractivity contribution in [1.82, 2.24) is 15.5 Å². The summed E-state index contributed by atoms with van der Waals surface area (Å²) < 4.78 is 0. The number of piperidine rings is 1. The second-order valence-electron chi connectivity index (χ2n) is 6.00. The molecule has 2 saturated heterocycles. The van der Waals surface area contributed by atoms with E-state index in [1.165, 1.54) is 32.4 Å². The van der Waals surface area contributed by atoms with Gasteiger partial charge in [-0.2, -0.15) is 0 Å². The van der Waals surface area contributed by atoms with Crippen LogP contribution < -0.4 is 10.6 Å². The molecule has 0 aromatic heterocycles. The Bertz CT molecular complexity index is 268. The van der Waals surface area contributed by atoms with Crippen LogP contribution >= 0.6 is 0 Å². The van der Waals surface area contributed by atoms with E-state index in [0.717, 1.165) is 39.0 Å². The first kappa shape index (κ1) is 13.8. The van der Waals surface area contributed by atoms with Gasteiger partial charge in [0, 0.05) is 13.1 Å². The molecule has 1 unspecified atom stereocenters. The number of hydrogen-bond donors (Lipinski definition) is 2. The third kappa shape index (κ3) is 3.69. The Balaban J connectivity index is 1.58. The van der Waals surface area contributed by atoms with Gasteiger partial charge in [0.05, 0.1) is 5.41 Å². The van der Waals surface area contributed by atoms with E-state index >= 15 is 0 Å². The molecule has 2 aliphatic heterocycles. The smallest absolute Gasteiger partial charge is 0.227 e. The summed E-state index contributed by atoms with van der Waals surface area (Å²) in [5, 5.41) is 6.37. The number of amides is 1. The van der Waals surface area contributed by atoms with Crippen molar-refractivity contribution >= 4 is 5.91 Å². The summed E-state index contributed by atoms with van der Waals surface area (Å²) in [7, 11) is 0. The third-order valence-corrected chi connectivity index (χ3v) is 4.30. The molecule has 104 valence electrons. The van der Waals surface area contributed by atoms with Gasteiger partial charge in [-0.1, -0.05) is 6.42 Å². The lowest BCUT2D eigenvalue weighted by Crippen LogP contribution is -2.41. The summed E-state index contributed by atoms with van der Waals surface area (Å²) in [5.41, 5.74) is -0.175. The molecule has 0 saturated carbocycles. The maximum absolute atomic E-state index is 12.1. The van der Waals surface area contributed by atoms with Crippen LogP contribution in [0.15, 0.2) is 0 Å². The monoisotopic (exact) mass is 253 g/mol. The van der Waals surface area contributed by atoms with Gasteiger partial charge in [-0.25, -0.2) is 0 Å². The highest BCUT2D eigenvalue weighted by Crippen LogP contribution is 2.24. The Hall–Kier alpha value is -0.610. The zero-order chi connectivity index (χ0) is 12.8. The number of carbonyl (C=O) groups excluding carboxylic acids is 1. The van der Waals surface area contributed by atoms with Gasteiger partial charge < -0.3 is 15.5 Å². The van der Waals surface area contributed by atoms with Crippen molar-refractivity contribution in [3.8, 4) is 0 Å². The van der Waals surface area contributed by atoms with E-state index in [-0.39, 0.29) is 11.3 Å². The van der Waals surface area contributed by atoms with Gasteiger partial charge in [0.1, 0.15) is 0 Å². The molecule has 2 aliphatic rings. The van der Waals surface area contributed by atoms with Crippen molar-refractivity contribution in [2.45, 2.75) is 39.0 Å². The molecule has 0 spiro atoms. The van der Waals surface area contributed by atoms with Gasteiger partial charge in [-0.05, 0) is 58.8 Å². The predicted molar refractivity (Wildman–Crippen MR) is 73.5 cm³/mol. The Labute approximate surface area is 110 Å². The zero-order valence-electron chi connectivity index (χ0n) is 11.6. The Morgan fingerprint density at radius 1 is 1.33 bits per heavy atom. The number of likely N-dealkylation sites (tertiary alicyclic amines) is 1. The van der Waals surface area contributed by atoms with Crippen LogP contribution in [-0.2, 0) is 4.79 Å². The van der Waals surface area contributed by atoms with Crippen LogP contribution in [0.3, 0.4) is 0 Å². The highest BCUT2D eigenvalue weighted by Gasteiger charge is 2.35. The Morgan fingerprint density at radius 3 is 2.78 bits per heavy atom. The molecule has 0 aromatic rings. The van der Waals surface area contributed by atoms with Crippen molar-refractivity contribution in [3.05, 3.63) is 0 Å². The summed E-state index contributed by atoms with van der Waals surface area (Å²) in [4.78, 5) is 14.6. The quantitative estimate of drug-likeness (QED) is 0.718. The van der Waals surface area contributed by atoms with E-state index in [2.05, 4.69) is 22.5 Å². The maximum Gasteiger partial charge on any atom is 0.227 e. The van der Waals surface area contributed by atoms with E-state index in [0.29, 0.717) is 0 Å². The van der Waals surface area contributed by atoms with Gasteiger partial charge in [0.2, 0.25) is 5.91 Å². The van der Waals surface area contributed by atoms with Crippen LogP contribution in [0.5, 0.6) is 0 Å². The highest BCUT2D eigenvalue weighted by molar-refractivity contribution is 5.82. The first-order valence-electron chi connectivity index (χ1n) is 7.42. The topological polar surface area (TPSA) is 44.4 Å². The van der Waals surface area contributed by atoms with Crippen molar-refractivity contribution in [1.29, 1.82) is 0 Å². The van der Waals surface area contributed by atoms with Crippen LogP contribution in [0.4, 0.5) is 0 Å². The van der Waals surface area contributed by atoms with Crippen LogP contribution in [0.1, 0.15) is 39.0 Å². The lowest BCUT2D eigenvalue weighted by Gasteiger charge is -2.26. The Kier molecular flexibility index (Phi) is 5.01. The van der Waals surface area contributed by atoms with Gasteiger partial charge in [-0.15, -0.1) is 0 Å². The normalized spacial score (nSPS) is 29.4. The molecule has 18 heavy (non-hydrogen) atoms. The minimum Gasteiger partial charge on any atom is -0.356 e. The number of hydrogen-bond acceptors (Lipinski definition) is 3. The summed E-state index contributed by atoms with van der Waals surface area (Å²) in [6.45, 7) is 8.31. The summed E-state index contributed by atoms with van der Waals surface area (Å²) in [6, 6.07) is 0. The molecule has 2 fully saturated rings. The molecule has 0 aliphatic carbocycles. The maximum atomic E-state index is 12.1. The minimum atomic E-state index is -0.175. The van der Waals surface area contributed by atoms with Crippen molar-refractivity contribution in [2.75, 3.05) is 39.3 Å². The second-order valence-corrected chi connectivity index (χ2v) is 6.00. The average molecular weight is 253 g/mol. The molecule has 2 heterocycles. The number of nitrogens with zero attached hydrogens (tertiary/aromatic N) is 1. The zero-order valence-corrected chi connectivity index (χ0v) is 11.6. The molecule has 0 bridgehead atoms. The first-order valence-corrected chi connectivity index (χ1v) is 7.42. The molecule has 0 aromatic carbocycles. The molecule has 4 nitrogen and oxygen atoms in total. The lowest BCUT2D eigenvalue weighted by molar-refractivity contribution is -0.129. The first-order chi connectivity index (χ1) is 8.71. The lowest BCUT2D eigenvalue weighted by atomic mass is 9.89. The third-order valence-electron chi connectivity index (χ3n) is 4.30. The summed E-state index contributed by atoms with van der Waals surface area (Å²) in [5.74, 6) is 0.228. The van der Waals surface area contributed by atoms with Crippen molar-refractivity contribution in [3.63, 3.8) is 0 Å². The fourth-order valence-electron chi connectivity index (χ4n) is 2.91. The number of rotatable bonds is 5. The molecule has 2 rings (SSSR count). The summed E-state index contributed by atoms with van der Waals surface area (Å²) in [6.07, 6.45) is 6.12. The van der Waals surface area contributed by atoms with Crippen molar-refractivity contribution < 1.29 is 4.79 Å². The van der Waals surface area contributed by atoms with E-state index in [1.54, 1.807) is 0 Å². The summed E-state index contributed by atoms with van der Waals surface area (Å²) >= 11 is 0. The SMILES string of the molecule is CC1(C(=O)NCCCN2CCCCC2)CCNC1. The van der Waals surface area contributed by atoms with Gasteiger partial charge in [0.25, 0.3) is 0 Å². The van der Waals surface area contributed by atoms with Gasteiger partial charge >= 0.3 is 0 Å². The van der Waals surface area contributed by atoms with E-state index in [4.69, 9.17) is 0 Å². The van der Waals surface area contributed by atoms with E-state index in [9.17, 15) is 4.79 Å². The average Bonchev–Trinajstić information content (AvgIpc) is 2.84. The predicted octanol–water partition coefficient (Wildman–Crippen LogP) is 0.978. The molecular formula is C14H27N3O.